The van der Waals surface area contributed by atoms with E-state index in [1.807, 2.05) is 86.6 Å². The quantitative estimate of drug-likeness (QED) is 0.269. The summed E-state index contributed by atoms with van der Waals surface area (Å²) in [6, 6.07) is 25.1. The minimum absolute atomic E-state index is 0.176. The van der Waals surface area contributed by atoms with Crippen molar-refractivity contribution in [1.82, 2.24) is 4.98 Å². The summed E-state index contributed by atoms with van der Waals surface area (Å²) in [5, 5.41) is 11.1. The topological polar surface area (TPSA) is 58.6 Å². The van der Waals surface area contributed by atoms with E-state index >= 15 is 0 Å². The number of nitrogens with zero attached hydrogens (tertiary/aromatic N) is 2. The fraction of sp³-hybridized carbons (Fsp3) is 0.103. The lowest BCUT2D eigenvalue weighted by Gasteiger charge is -2.08. The number of hydrogen-bond donors (Lipinski definition) is 1. The Balaban J connectivity index is 1.45. The molecule has 5 rings (SSSR count). The molecule has 168 valence electrons. The highest BCUT2D eigenvalue weighted by Gasteiger charge is 2.13. The van der Waals surface area contributed by atoms with Crippen molar-refractivity contribution in [2.75, 3.05) is 0 Å². The maximum Gasteiger partial charge on any atom is 0.227 e. The van der Waals surface area contributed by atoms with Crippen molar-refractivity contribution in [3.63, 3.8) is 0 Å². The molecule has 0 fully saturated rings. The van der Waals surface area contributed by atoms with E-state index in [0.29, 0.717) is 17.9 Å². The van der Waals surface area contributed by atoms with E-state index in [4.69, 9.17) is 16.0 Å². The molecule has 0 atom stereocenters. The van der Waals surface area contributed by atoms with Crippen molar-refractivity contribution < 1.29 is 9.52 Å². The van der Waals surface area contributed by atoms with Gasteiger partial charge in [0.05, 0.1) is 5.69 Å². The summed E-state index contributed by atoms with van der Waals surface area (Å²) in [5.41, 5.74) is 8.08. The van der Waals surface area contributed by atoms with E-state index in [2.05, 4.69) is 9.98 Å². The zero-order valence-electron chi connectivity index (χ0n) is 18.9. The monoisotopic (exact) mass is 466 g/mol. The number of oxazole rings is 1. The molecule has 1 aromatic heterocycles. The van der Waals surface area contributed by atoms with E-state index in [9.17, 15) is 5.11 Å². The number of benzene rings is 4. The average molecular weight is 467 g/mol. The van der Waals surface area contributed by atoms with E-state index < -0.39 is 0 Å². The summed E-state index contributed by atoms with van der Waals surface area (Å²) in [6.45, 7) is 4.03. The number of aromatic hydroxyl groups is 1. The van der Waals surface area contributed by atoms with E-state index in [0.717, 1.165) is 49.6 Å². The summed E-state index contributed by atoms with van der Waals surface area (Å²) in [7, 11) is 0. The van der Waals surface area contributed by atoms with Crippen molar-refractivity contribution in [3.05, 3.63) is 112 Å². The van der Waals surface area contributed by atoms with Crippen molar-refractivity contribution in [2.45, 2.75) is 20.3 Å². The molecular weight excluding hydrogens is 444 g/mol. The molecule has 5 aromatic rings. The highest BCUT2D eigenvalue weighted by molar-refractivity contribution is 6.31. The van der Waals surface area contributed by atoms with Gasteiger partial charge in [0, 0.05) is 22.4 Å². The number of rotatable bonds is 5. The average Bonchev–Trinajstić information content (AvgIpc) is 3.24. The van der Waals surface area contributed by atoms with Gasteiger partial charge < -0.3 is 9.52 Å². The largest absolute Gasteiger partial charge is 0.507 e. The molecule has 0 unspecified atom stereocenters. The summed E-state index contributed by atoms with van der Waals surface area (Å²) >= 11 is 6.31. The molecule has 5 heteroatoms. The van der Waals surface area contributed by atoms with Gasteiger partial charge in [-0.15, -0.1) is 0 Å². The molecule has 0 aliphatic carbocycles. The van der Waals surface area contributed by atoms with Crippen molar-refractivity contribution in [3.8, 4) is 17.2 Å². The molecule has 0 amide bonds. The van der Waals surface area contributed by atoms with Crippen LogP contribution in [0, 0.1) is 13.8 Å². The predicted molar refractivity (Wildman–Crippen MR) is 139 cm³/mol. The summed E-state index contributed by atoms with van der Waals surface area (Å²) in [4.78, 5) is 9.34. The van der Waals surface area contributed by atoms with Crippen molar-refractivity contribution >= 4 is 34.6 Å². The Hall–Kier alpha value is -3.89. The van der Waals surface area contributed by atoms with Crippen LogP contribution in [0.15, 0.2) is 88.3 Å². The third-order valence-corrected chi connectivity index (χ3v) is 6.23. The number of aromatic nitrogens is 1. The number of halogens is 1. The Kier molecular flexibility index (Phi) is 5.91. The minimum atomic E-state index is 0.176. The van der Waals surface area contributed by atoms with Gasteiger partial charge in [-0.1, -0.05) is 48.0 Å². The maximum atomic E-state index is 10.4. The molecule has 4 nitrogen and oxygen atoms in total. The highest BCUT2D eigenvalue weighted by atomic mass is 35.5. The highest BCUT2D eigenvalue weighted by Crippen LogP contribution is 2.32. The standard InChI is InChI=1S/C29H23ClN2O2/c1-18-10-13-28-26(14-18)32-29(34-28)23-7-5-9-25(19(23)2)31-17-22-16-20(11-12-27(22)33)15-21-6-3-4-8-24(21)30/h3-14,16-17,33H,15H2,1-2H3. The minimum Gasteiger partial charge on any atom is -0.507 e. The SMILES string of the molecule is Cc1ccc2oc(-c3cccc(N=Cc4cc(Cc5ccccc5Cl)ccc4O)c3C)nc2c1. The zero-order valence-corrected chi connectivity index (χ0v) is 19.7. The lowest BCUT2D eigenvalue weighted by atomic mass is 10.0. The summed E-state index contributed by atoms with van der Waals surface area (Å²) in [5.74, 6) is 0.745. The zero-order chi connectivity index (χ0) is 23.7. The van der Waals surface area contributed by atoms with Crippen LogP contribution in [0.3, 0.4) is 0 Å². The summed E-state index contributed by atoms with van der Waals surface area (Å²) in [6.07, 6.45) is 2.36. The van der Waals surface area contributed by atoms with Crippen LogP contribution in [0.5, 0.6) is 5.75 Å². The lowest BCUT2D eigenvalue weighted by molar-refractivity contribution is 0.474. The molecule has 0 bridgehead atoms. The van der Waals surface area contributed by atoms with Gasteiger partial charge in [-0.05, 0) is 85.0 Å². The number of phenolic OH excluding ortho intramolecular Hbond substituents is 1. The van der Waals surface area contributed by atoms with Crippen LogP contribution in [0.4, 0.5) is 5.69 Å². The molecule has 1 N–H and O–H groups in total. The second-order valence-electron chi connectivity index (χ2n) is 8.36. The Bertz CT molecular complexity index is 1540. The van der Waals surface area contributed by atoms with Crippen LogP contribution >= 0.6 is 11.6 Å². The number of aliphatic imine (C=N–C) groups is 1. The van der Waals surface area contributed by atoms with Gasteiger partial charge in [0.15, 0.2) is 5.58 Å². The van der Waals surface area contributed by atoms with E-state index in [1.165, 1.54) is 0 Å². The Morgan fingerprint density at radius 1 is 0.971 bits per heavy atom. The fourth-order valence-corrected chi connectivity index (χ4v) is 4.17. The van der Waals surface area contributed by atoms with Gasteiger partial charge in [0.25, 0.3) is 0 Å². The molecule has 1 heterocycles. The molecule has 0 saturated heterocycles. The Morgan fingerprint density at radius 2 is 1.82 bits per heavy atom. The molecule has 0 spiro atoms. The molecule has 0 saturated carbocycles. The van der Waals surface area contributed by atoms with Gasteiger partial charge >= 0.3 is 0 Å². The van der Waals surface area contributed by atoms with E-state index in [1.54, 1.807) is 12.3 Å². The van der Waals surface area contributed by atoms with Gasteiger partial charge in [-0.3, -0.25) is 4.99 Å². The van der Waals surface area contributed by atoms with Crippen LogP contribution in [-0.2, 0) is 6.42 Å². The lowest BCUT2D eigenvalue weighted by Crippen LogP contribution is -1.92. The molecule has 0 aliphatic heterocycles. The summed E-state index contributed by atoms with van der Waals surface area (Å²) < 4.78 is 5.99. The van der Waals surface area contributed by atoms with Crippen LogP contribution in [0.25, 0.3) is 22.6 Å². The van der Waals surface area contributed by atoms with Crippen LogP contribution in [0.2, 0.25) is 5.02 Å². The number of aryl methyl sites for hydroxylation is 1. The van der Waals surface area contributed by atoms with E-state index in [-0.39, 0.29) is 5.75 Å². The molecule has 0 aliphatic rings. The van der Waals surface area contributed by atoms with Gasteiger partial charge in [0.1, 0.15) is 11.3 Å². The molecule has 0 radical (unpaired) electrons. The smallest absolute Gasteiger partial charge is 0.227 e. The number of phenols is 1. The Labute approximate surface area is 203 Å². The first-order valence-corrected chi connectivity index (χ1v) is 11.4. The maximum absolute atomic E-state index is 10.4. The number of hydrogen-bond acceptors (Lipinski definition) is 4. The normalized spacial score (nSPS) is 11.5. The molecule has 4 aromatic carbocycles. The van der Waals surface area contributed by atoms with Crippen LogP contribution in [-0.4, -0.2) is 16.3 Å². The second-order valence-corrected chi connectivity index (χ2v) is 8.77. The van der Waals surface area contributed by atoms with Gasteiger partial charge in [-0.25, -0.2) is 4.98 Å². The van der Waals surface area contributed by atoms with Crippen LogP contribution < -0.4 is 0 Å². The fourth-order valence-electron chi connectivity index (χ4n) is 3.97. The third-order valence-electron chi connectivity index (χ3n) is 5.87. The third kappa shape index (κ3) is 4.45. The first-order valence-electron chi connectivity index (χ1n) is 11.0. The van der Waals surface area contributed by atoms with Crippen molar-refractivity contribution in [1.29, 1.82) is 0 Å². The van der Waals surface area contributed by atoms with Crippen molar-refractivity contribution in [2.24, 2.45) is 4.99 Å². The van der Waals surface area contributed by atoms with Gasteiger partial charge in [0.2, 0.25) is 5.89 Å². The molecule has 34 heavy (non-hydrogen) atoms. The van der Waals surface area contributed by atoms with Crippen LogP contribution in [0.1, 0.15) is 27.8 Å². The predicted octanol–water partition coefficient (Wildman–Crippen LogP) is 7.81. The first-order chi connectivity index (χ1) is 16.5. The second kappa shape index (κ2) is 9.16. The van der Waals surface area contributed by atoms with Gasteiger partial charge in [-0.2, -0.15) is 0 Å². The number of fused-ring (bicyclic) bond motifs is 1. The first kappa shape index (κ1) is 21.9. The molecular formula is C29H23ClN2O2. The Morgan fingerprint density at radius 3 is 2.68 bits per heavy atom.